The Morgan fingerprint density at radius 1 is 0.826 bits per heavy atom. The van der Waals surface area contributed by atoms with Gasteiger partial charge in [-0.2, -0.15) is 10.2 Å². The summed E-state index contributed by atoms with van der Waals surface area (Å²) in [6.07, 6.45) is 3.04. The zero-order valence-electron chi connectivity index (χ0n) is 11.9. The van der Waals surface area contributed by atoms with E-state index in [-0.39, 0.29) is 5.75 Å². The lowest BCUT2D eigenvalue weighted by molar-refractivity contribution is 0.475. The van der Waals surface area contributed by atoms with E-state index in [0.29, 0.717) is 21.2 Å². The summed E-state index contributed by atoms with van der Waals surface area (Å²) in [5, 5.41) is 20.8. The molecule has 114 valence electrons. The zero-order valence-corrected chi connectivity index (χ0v) is 13.5. The highest BCUT2D eigenvalue weighted by Gasteiger charge is 2.04. The van der Waals surface area contributed by atoms with E-state index in [4.69, 9.17) is 23.2 Å². The van der Waals surface area contributed by atoms with Gasteiger partial charge in [-0.3, -0.25) is 0 Å². The molecule has 0 radical (unpaired) electrons. The van der Waals surface area contributed by atoms with Crippen molar-refractivity contribution in [1.82, 2.24) is 0 Å². The number of nitrogens with zero attached hydrogens (tertiary/aromatic N) is 2. The average Bonchev–Trinajstić information content (AvgIpc) is 2.57. The fraction of sp³-hybridized carbons (Fsp3) is 0. The SMILES string of the molecule is Oc1ccc2ccccc2c1/C=N/N=C\c1cccc(Cl)c1Cl. The highest BCUT2D eigenvalue weighted by molar-refractivity contribution is 6.43. The van der Waals surface area contributed by atoms with Crippen molar-refractivity contribution in [3.8, 4) is 5.75 Å². The fourth-order valence-electron chi connectivity index (χ4n) is 2.23. The predicted octanol–water partition coefficient (Wildman–Crippen LogP) is 5.31. The molecule has 0 aliphatic rings. The maximum absolute atomic E-state index is 10.0. The zero-order chi connectivity index (χ0) is 16.2. The Morgan fingerprint density at radius 3 is 2.48 bits per heavy atom. The van der Waals surface area contributed by atoms with Gasteiger partial charge in [0.2, 0.25) is 0 Å². The maximum atomic E-state index is 10.0. The monoisotopic (exact) mass is 342 g/mol. The third-order valence-corrected chi connectivity index (χ3v) is 4.21. The Balaban J connectivity index is 1.90. The van der Waals surface area contributed by atoms with Crippen LogP contribution in [-0.4, -0.2) is 17.5 Å². The van der Waals surface area contributed by atoms with Gasteiger partial charge in [0.25, 0.3) is 0 Å². The molecule has 0 atom stereocenters. The van der Waals surface area contributed by atoms with Gasteiger partial charge in [0, 0.05) is 11.1 Å². The molecule has 0 saturated heterocycles. The Bertz CT molecular complexity index is 920. The maximum Gasteiger partial charge on any atom is 0.125 e. The first-order valence-corrected chi connectivity index (χ1v) is 7.63. The van der Waals surface area contributed by atoms with E-state index in [1.165, 1.54) is 12.4 Å². The van der Waals surface area contributed by atoms with Crippen molar-refractivity contribution in [3.63, 3.8) is 0 Å². The van der Waals surface area contributed by atoms with E-state index in [2.05, 4.69) is 10.2 Å². The van der Waals surface area contributed by atoms with Crippen LogP contribution in [0, 0.1) is 0 Å². The van der Waals surface area contributed by atoms with Gasteiger partial charge in [-0.25, -0.2) is 0 Å². The second-order valence-electron chi connectivity index (χ2n) is 4.85. The van der Waals surface area contributed by atoms with Crippen LogP contribution in [0.2, 0.25) is 10.0 Å². The minimum atomic E-state index is 0.156. The van der Waals surface area contributed by atoms with E-state index in [1.54, 1.807) is 24.3 Å². The first-order valence-electron chi connectivity index (χ1n) is 6.88. The molecule has 0 amide bonds. The van der Waals surface area contributed by atoms with Gasteiger partial charge in [0.05, 0.1) is 22.5 Å². The molecule has 0 spiro atoms. The number of fused-ring (bicyclic) bond motifs is 1. The molecular weight excluding hydrogens is 331 g/mol. The Morgan fingerprint density at radius 2 is 1.61 bits per heavy atom. The van der Waals surface area contributed by atoms with Crippen molar-refractivity contribution in [1.29, 1.82) is 0 Å². The minimum absolute atomic E-state index is 0.156. The first-order chi connectivity index (χ1) is 11.2. The fourth-order valence-corrected chi connectivity index (χ4v) is 2.58. The number of phenols is 1. The second-order valence-corrected chi connectivity index (χ2v) is 5.64. The molecular formula is C18H12Cl2N2O. The number of halogens is 2. The summed E-state index contributed by atoms with van der Waals surface area (Å²) < 4.78 is 0. The number of rotatable bonds is 3. The summed E-state index contributed by atoms with van der Waals surface area (Å²) >= 11 is 12.0. The summed E-state index contributed by atoms with van der Waals surface area (Å²) in [7, 11) is 0. The standard InChI is InChI=1S/C18H12Cl2N2O/c19-16-7-3-5-13(18(16)20)10-21-22-11-15-14-6-2-1-4-12(14)8-9-17(15)23/h1-11,23H/b21-10-,22-11+. The van der Waals surface area contributed by atoms with Crippen LogP contribution >= 0.6 is 23.2 Å². The van der Waals surface area contributed by atoms with Gasteiger partial charge in [0.1, 0.15) is 5.75 Å². The van der Waals surface area contributed by atoms with Crippen LogP contribution in [0.25, 0.3) is 10.8 Å². The van der Waals surface area contributed by atoms with E-state index in [9.17, 15) is 5.11 Å². The van der Waals surface area contributed by atoms with Crippen molar-refractivity contribution in [2.75, 3.05) is 0 Å². The van der Waals surface area contributed by atoms with E-state index in [0.717, 1.165) is 10.8 Å². The van der Waals surface area contributed by atoms with Crippen molar-refractivity contribution in [2.24, 2.45) is 10.2 Å². The molecule has 23 heavy (non-hydrogen) atoms. The predicted molar refractivity (Wildman–Crippen MR) is 97.3 cm³/mol. The first kappa shape index (κ1) is 15.5. The summed E-state index contributed by atoms with van der Waals surface area (Å²) in [5.74, 6) is 0.156. The smallest absolute Gasteiger partial charge is 0.125 e. The highest BCUT2D eigenvalue weighted by atomic mass is 35.5. The van der Waals surface area contributed by atoms with E-state index < -0.39 is 0 Å². The van der Waals surface area contributed by atoms with Gasteiger partial charge < -0.3 is 5.11 Å². The lowest BCUT2D eigenvalue weighted by Gasteiger charge is -2.03. The molecule has 3 aromatic carbocycles. The molecule has 3 rings (SSSR count). The molecule has 0 bridgehead atoms. The van der Waals surface area contributed by atoms with Gasteiger partial charge in [-0.1, -0.05) is 65.7 Å². The van der Waals surface area contributed by atoms with E-state index >= 15 is 0 Å². The second kappa shape index (κ2) is 6.82. The van der Waals surface area contributed by atoms with Crippen LogP contribution in [0.15, 0.2) is 64.8 Å². The largest absolute Gasteiger partial charge is 0.507 e. The molecule has 3 nitrogen and oxygen atoms in total. The summed E-state index contributed by atoms with van der Waals surface area (Å²) in [5.41, 5.74) is 1.30. The third-order valence-electron chi connectivity index (χ3n) is 3.38. The van der Waals surface area contributed by atoms with Crippen molar-refractivity contribution < 1.29 is 5.11 Å². The van der Waals surface area contributed by atoms with Crippen LogP contribution < -0.4 is 0 Å². The lowest BCUT2D eigenvalue weighted by atomic mass is 10.0. The Labute approximate surface area is 143 Å². The third kappa shape index (κ3) is 3.36. The number of benzene rings is 3. The van der Waals surface area contributed by atoms with Gasteiger partial charge in [-0.15, -0.1) is 0 Å². The molecule has 0 aliphatic carbocycles. The molecule has 3 aromatic rings. The topological polar surface area (TPSA) is 45.0 Å². The Kier molecular flexibility index (Phi) is 4.60. The lowest BCUT2D eigenvalue weighted by Crippen LogP contribution is -1.86. The number of hydrogen-bond donors (Lipinski definition) is 1. The highest BCUT2D eigenvalue weighted by Crippen LogP contribution is 2.26. The van der Waals surface area contributed by atoms with E-state index in [1.807, 2.05) is 30.3 Å². The number of aromatic hydroxyl groups is 1. The Hall–Kier alpha value is -2.36. The van der Waals surface area contributed by atoms with Crippen LogP contribution in [0.4, 0.5) is 0 Å². The molecule has 5 heteroatoms. The summed E-state index contributed by atoms with van der Waals surface area (Å²) in [4.78, 5) is 0. The molecule has 0 fully saturated rings. The van der Waals surface area contributed by atoms with Crippen molar-refractivity contribution >= 4 is 46.4 Å². The van der Waals surface area contributed by atoms with Crippen LogP contribution in [0.5, 0.6) is 5.75 Å². The molecule has 0 aliphatic heterocycles. The van der Waals surface area contributed by atoms with Gasteiger partial charge >= 0.3 is 0 Å². The summed E-state index contributed by atoms with van der Waals surface area (Å²) in [6.45, 7) is 0. The average molecular weight is 343 g/mol. The number of hydrogen-bond acceptors (Lipinski definition) is 3. The minimum Gasteiger partial charge on any atom is -0.507 e. The molecule has 0 aromatic heterocycles. The molecule has 0 saturated carbocycles. The number of phenolic OH excluding ortho intramolecular Hbond substituents is 1. The van der Waals surface area contributed by atoms with Crippen LogP contribution in [-0.2, 0) is 0 Å². The summed E-state index contributed by atoms with van der Waals surface area (Å²) in [6, 6.07) is 16.5. The molecule has 1 N–H and O–H groups in total. The van der Waals surface area contributed by atoms with Crippen LogP contribution in [0.3, 0.4) is 0 Å². The molecule has 0 heterocycles. The van der Waals surface area contributed by atoms with Crippen LogP contribution in [0.1, 0.15) is 11.1 Å². The normalized spacial score (nSPS) is 11.7. The molecule has 0 unspecified atom stereocenters. The van der Waals surface area contributed by atoms with Gasteiger partial charge in [-0.05, 0) is 22.9 Å². The van der Waals surface area contributed by atoms with Crippen molar-refractivity contribution in [3.05, 3.63) is 75.8 Å². The van der Waals surface area contributed by atoms with Crippen molar-refractivity contribution in [2.45, 2.75) is 0 Å². The quantitative estimate of drug-likeness (QED) is 0.509. The van der Waals surface area contributed by atoms with Gasteiger partial charge in [0.15, 0.2) is 0 Å².